The van der Waals surface area contributed by atoms with Crippen molar-refractivity contribution in [2.45, 2.75) is 32.4 Å². The van der Waals surface area contributed by atoms with Gasteiger partial charge in [0.25, 0.3) is 0 Å². The predicted molar refractivity (Wildman–Crippen MR) is 71.3 cm³/mol. The van der Waals surface area contributed by atoms with Gasteiger partial charge in [-0.05, 0) is 45.5 Å². The van der Waals surface area contributed by atoms with Crippen molar-refractivity contribution in [1.29, 1.82) is 0 Å². The molecular weight excluding hydrogens is 240 g/mol. The molecule has 0 aliphatic carbocycles. The van der Waals surface area contributed by atoms with Crippen LogP contribution in [0, 0.1) is 0 Å². The highest BCUT2D eigenvalue weighted by molar-refractivity contribution is 7.16. The summed E-state index contributed by atoms with van der Waals surface area (Å²) in [7, 11) is 0. The Bertz CT molecular complexity index is 349. The lowest BCUT2D eigenvalue weighted by molar-refractivity contribution is 0.225. The van der Waals surface area contributed by atoms with Gasteiger partial charge in [0.1, 0.15) is 0 Å². The van der Waals surface area contributed by atoms with Gasteiger partial charge in [-0.15, -0.1) is 11.3 Å². The van der Waals surface area contributed by atoms with Crippen molar-refractivity contribution in [3.8, 4) is 0 Å². The second-order valence-corrected chi connectivity index (χ2v) is 6.88. The summed E-state index contributed by atoms with van der Waals surface area (Å²) in [4.78, 5) is 3.88. The minimum Gasteiger partial charge on any atom is -0.310 e. The number of nitrogens with one attached hydrogen (secondary N) is 1. The van der Waals surface area contributed by atoms with Gasteiger partial charge in [0.15, 0.2) is 0 Å². The molecule has 1 aromatic heterocycles. The highest BCUT2D eigenvalue weighted by Gasteiger charge is 2.23. The number of nitrogens with zero attached hydrogens (tertiary/aromatic N) is 1. The van der Waals surface area contributed by atoms with Gasteiger partial charge in [-0.2, -0.15) is 0 Å². The molecule has 4 heteroatoms. The SMILES string of the molecule is CC1(C)CN(Cc2ccc(Cl)s2)CCCN1. The molecule has 2 rings (SSSR count). The second-order valence-electron chi connectivity index (χ2n) is 5.08. The van der Waals surface area contributed by atoms with E-state index in [1.54, 1.807) is 11.3 Å². The van der Waals surface area contributed by atoms with Crippen molar-refractivity contribution in [3.63, 3.8) is 0 Å². The maximum absolute atomic E-state index is 5.95. The van der Waals surface area contributed by atoms with E-state index in [4.69, 9.17) is 11.6 Å². The number of halogens is 1. The summed E-state index contributed by atoms with van der Waals surface area (Å²) in [5.74, 6) is 0. The molecule has 0 unspecified atom stereocenters. The third kappa shape index (κ3) is 3.45. The first kappa shape index (κ1) is 12.4. The molecule has 0 bridgehead atoms. The topological polar surface area (TPSA) is 15.3 Å². The summed E-state index contributed by atoms with van der Waals surface area (Å²) in [6.45, 7) is 8.96. The Kier molecular flexibility index (Phi) is 3.90. The Balaban J connectivity index is 1.98. The Morgan fingerprint density at radius 2 is 2.31 bits per heavy atom. The van der Waals surface area contributed by atoms with Gasteiger partial charge in [-0.1, -0.05) is 11.6 Å². The van der Waals surface area contributed by atoms with Crippen LogP contribution in [-0.2, 0) is 6.54 Å². The van der Waals surface area contributed by atoms with E-state index >= 15 is 0 Å². The molecular formula is C12H19ClN2S. The smallest absolute Gasteiger partial charge is 0.0931 e. The van der Waals surface area contributed by atoms with Crippen molar-refractivity contribution in [3.05, 3.63) is 21.3 Å². The van der Waals surface area contributed by atoms with Crippen molar-refractivity contribution < 1.29 is 0 Å². The maximum atomic E-state index is 5.95. The summed E-state index contributed by atoms with van der Waals surface area (Å²) in [6.07, 6.45) is 1.22. The Hall–Kier alpha value is -0.0900. The zero-order chi connectivity index (χ0) is 11.6. The van der Waals surface area contributed by atoms with Crippen molar-refractivity contribution in [2.75, 3.05) is 19.6 Å². The third-order valence-corrected chi connectivity index (χ3v) is 4.10. The fraction of sp³-hybridized carbons (Fsp3) is 0.667. The molecule has 1 aliphatic rings. The first-order valence-corrected chi connectivity index (χ1v) is 6.96. The molecule has 0 spiro atoms. The normalized spacial score (nSPS) is 21.9. The third-order valence-electron chi connectivity index (χ3n) is 2.88. The van der Waals surface area contributed by atoms with Gasteiger partial charge >= 0.3 is 0 Å². The monoisotopic (exact) mass is 258 g/mol. The lowest BCUT2D eigenvalue weighted by Gasteiger charge is -2.29. The van der Waals surface area contributed by atoms with E-state index in [1.807, 2.05) is 6.07 Å². The molecule has 1 fully saturated rings. The first-order valence-electron chi connectivity index (χ1n) is 5.77. The molecule has 1 saturated heterocycles. The molecule has 1 aliphatic heterocycles. The quantitative estimate of drug-likeness (QED) is 0.878. The summed E-state index contributed by atoms with van der Waals surface area (Å²) < 4.78 is 0.891. The van der Waals surface area contributed by atoms with Crippen LogP contribution in [-0.4, -0.2) is 30.1 Å². The highest BCUT2D eigenvalue weighted by atomic mass is 35.5. The van der Waals surface area contributed by atoms with Crippen LogP contribution in [0.25, 0.3) is 0 Å². The summed E-state index contributed by atoms with van der Waals surface area (Å²) >= 11 is 7.65. The van der Waals surface area contributed by atoms with Crippen LogP contribution in [0.4, 0.5) is 0 Å². The van der Waals surface area contributed by atoms with Crippen LogP contribution in [0.1, 0.15) is 25.1 Å². The van der Waals surface area contributed by atoms with Crippen molar-refractivity contribution in [1.82, 2.24) is 10.2 Å². The molecule has 1 aromatic rings. The Morgan fingerprint density at radius 1 is 1.50 bits per heavy atom. The molecule has 0 amide bonds. The van der Waals surface area contributed by atoms with Gasteiger partial charge in [0.2, 0.25) is 0 Å². The van der Waals surface area contributed by atoms with E-state index in [1.165, 1.54) is 17.8 Å². The predicted octanol–water partition coefficient (Wildman–Crippen LogP) is 2.98. The average Bonchev–Trinajstić information content (AvgIpc) is 2.49. The zero-order valence-corrected chi connectivity index (χ0v) is 11.5. The summed E-state index contributed by atoms with van der Waals surface area (Å²) in [5, 5.41) is 3.58. The van der Waals surface area contributed by atoms with Gasteiger partial charge in [-0.25, -0.2) is 0 Å². The summed E-state index contributed by atoms with van der Waals surface area (Å²) in [6, 6.07) is 4.13. The molecule has 0 radical (unpaired) electrons. The van der Waals surface area contributed by atoms with E-state index in [-0.39, 0.29) is 5.54 Å². The second kappa shape index (κ2) is 5.05. The van der Waals surface area contributed by atoms with Gasteiger partial charge < -0.3 is 5.32 Å². The standard InChI is InChI=1S/C12H19ClN2S/c1-12(2)9-15(7-3-6-14-12)8-10-4-5-11(13)16-10/h4-5,14H,3,6-9H2,1-2H3. The van der Waals surface area contributed by atoms with Crippen LogP contribution < -0.4 is 5.32 Å². The number of thiophene rings is 1. The lowest BCUT2D eigenvalue weighted by atomic mass is 10.1. The number of rotatable bonds is 2. The Labute approximate surface area is 107 Å². The minimum atomic E-state index is 0.220. The molecule has 0 saturated carbocycles. The first-order chi connectivity index (χ1) is 7.55. The molecule has 2 heterocycles. The Morgan fingerprint density at radius 3 is 3.00 bits per heavy atom. The summed E-state index contributed by atoms with van der Waals surface area (Å²) in [5.41, 5.74) is 0.220. The molecule has 1 N–H and O–H groups in total. The van der Waals surface area contributed by atoms with E-state index < -0.39 is 0 Å². The fourth-order valence-electron chi connectivity index (χ4n) is 2.22. The van der Waals surface area contributed by atoms with Gasteiger partial charge in [0.05, 0.1) is 4.34 Å². The zero-order valence-electron chi connectivity index (χ0n) is 9.92. The highest BCUT2D eigenvalue weighted by Crippen LogP contribution is 2.23. The van der Waals surface area contributed by atoms with E-state index in [9.17, 15) is 0 Å². The van der Waals surface area contributed by atoms with Crippen LogP contribution in [0.3, 0.4) is 0 Å². The molecule has 0 atom stereocenters. The van der Waals surface area contributed by atoms with Crippen LogP contribution in [0.5, 0.6) is 0 Å². The minimum absolute atomic E-state index is 0.220. The van der Waals surface area contributed by atoms with Crippen LogP contribution >= 0.6 is 22.9 Å². The van der Waals surface area contributed by atoms with E-state index in [0.29, 0.717) is 0 Å². The molecule has 2 nitrogen and oxygen atoms in total. The fourth-order valence-corrected chi connectivity index (χ4v) is 3.35. The van der Waals surface area contributed by atoms with Crippen LogP contribution in [0.15, 0.2) is 12.1 Å². The van der Waals surface area contributed by atoms with Crippen LogP contribution in [0.2, 0.25) is 4.34 Å². The molecule has 16 heavy (non-hydrogen) atoms. The number of hydrogen-bond acceptors (Lipinski definition) is 3. The van der Waals surface area contributed by atoms with Gasteiger partial charge in [0, 0.05) is 23.5 Å². The molecule has 90 valence electrons. The van der Waals surface area contributed by atoms with Crippen molar-refractivity contribution >= 4 is 22.9 Å². The largest absolute Gasteiger partial charge is 0.310 e. The van der Waals surface area contributed by atoms with E-state index in [0.717, 1.165) is 24.0 Å². The van der Waals surface area contributed by atoms with Gasteiger partial charge in [-0.3, -0.25) is 4.90 Å². The van der Waals surface area contributed by atoms with Crippen molar-refractivity contribution in [2.24, 2.45) is 0 Å². The average molecular weight is 259 g/mol. The number of hydrogen-bond donors (Lipinski definition) is 1. The van der Waals surface area contributed by atoms with E-state index in [2.05, 4.69) is 30.1 Å². The lowest BCUT2D eigenvalue weighted by Crippen LogP contribution is -2.46. The maximum Gasteiger partial charge on any atom is 0.0931 e. The molecule has 0 aromatic carbocycles.